The molecule has 0 spiro atoms. The Hall–Kier alpha value is -1.64. The lowest BCUT2D eigenvalue weighted by molar-refractivity contribution is 1.22. The van der Waals surface area contributed by atoms with Gasteiger partial charge in [0, 0.05) is 18.2 Å². The average Bonchev–Trinajstić information content (AvgIpc) is 2.17. The molecule has 2 rings (SSSR count). The summed E-state index contributed by atoms with van der Waals surface area (Å²) in [6.07, 6.45) is 2.56. The van der Waals surface area contributed by atoms with E-state index in [9.17, 15) is 0 Å². The van der Waals surface area contributed by atoms with E-state index in [1.165, 1.54) is 0 Å². The van der Waals surface area contributed by atoms with Crippen LogP contribution in [0.4, 0.5) is 5.69 Å². The third-order valence-corrected chi connectivity index (χ3v) is 1.89. The van der Waals surface area contributed by atoms with Crippen LogP contribution in [0.2, 0.25) is 0 Å². The van der Waals surface area contributed by atoms with Crippen molar-refractivity contribution < 1.29 is 0 Å². The van der Waals surface area contributed by atoms with Crippen LogP contribution in [-0.2, 0) is 0 Å². The van der Waals surface area contributed by atoms with Gasteiger partial charge >= 0.3 is 0 Å². The highest BCUT2D eigenvalue weighted by molar-refractivity contribution is 6.12. The Morgan fingerprint density at radius 1 is 1.33 bits per heavy atom. The first kappa shape index (κ1) is 7.03. The van der Waals surface area contributed by atoms with Gasteiger partial charge in [0.2, 0.25) is 0 Å². The molecule has 12 heavy (non-hydrogen) atoms. The fourth-order valence-corrected chi connectivity index (χ4v) is 1.29. The summed E-state index contributed by atoms with van der Waals surface area (Å²) < 4.78 is 0. The molecule has 2 N–H and O–H groups in total. The number of aliphatic imine (C=N–C) groups is 1. The zero-order valence-corrected chi connectivity index (χ0v) is 6.57. The number of hydrazone groups is 1. The number of nitrogens with two attached hydrogens (primary N) is 1. The molecule has 0 radical (unpaired) electrons. The van der Waals surface area contributed by atoms with Gasteiger partial charge in [-0.05, 0) is 6.07 Å². The summed E-state index contributed by atoms with van der Waals surface area (Å²) in [7, 11) is 0. The zero-order valence-electron chi connectivity index (χ0n) is 6.57. The molecule has 0 aliphatic carbocycles. The SMILES string of the molecule is NN=C1CC=Nc2ccccc21. The molecule has 0 saturated heterocycles. The first-order valence-corrected chi connectivity index (χ1v) is 3.80. The smallest absolute Gasteiger partial charge is 0.0747 e. The summed E-state index contributed by atoms with van der Waals surface area (Å²) in [5.41, 5.74) is 2.90. The Morgan fingerprint density at radius 2 is 2.17 bits per heavy atom. The number of hydrogen-bond acceptors (Lipinski definition) is 3. The van der Waals surface area contributed by atoms with Crippen molar-refractivity contribution in [3.63, 3.8) is 0 Å². The third kappa shape index (κ3) is 0.993. The quantitative estimate of drug-likeness (QED) is 0.452. The molecule has 3 nitrogen and oxygen atoms in total. The largest absolute Gasteiger partial charge is 0.323 e. The van der Waals surface area contributed by atoms with Gasteiger partial charge in [0.05, 0.1) is 11.4 Å². The van der Waals surface area contributed by atoms with Crippen molar-refractivity contribution >= 4 is 17.6 Å². The number of nitrogens with zero attached hydrogens (tertiary/aromatic N) is 2. The van der Waals surface area contributed by atoms with E-state index in [1.54, 1.807) is 0 Å². The maximum absolute atomic E-state index is 5.24. The molecule has 1 aliphatic heterocycles. The summed E-state index contributed by atoms with van der Waals surface area (Å²) in [5, 5.41) is 3.71. The summed E-state index contributed by atoms with van der Waals surface area (Å²) in [6, 6.07) is 7.86. The van der Waals surface area contributed by atoms with Gasteiger partial charge in [0.15, 0.2) is 0 Å². The predicted octanol–water partition coefficient (Wildman–Crippen LogP) is 1.46. The van der Waals surface area contributed by atoms with E-state index in [1.807, 2.05) is 30.5 Å². The Kier molecular flexibility index (Phi) is 1.63. The molecule has 0 saturated carbocycles. The molecule has 60 valence electrons. The van der Waals surface area contributed by atoms with Crippen LogP contribution in [0.5, 0.6) is 0 Å². The molecule has 1 aromatic rings. The number of fused-ring (bicyclic) bond motifs is 1. The molecule has 3 heteroatoms. The third-order valence-electron chi connectivity index (χ3n) is 1.89. The Balaban J connectivity index is 2.60. The van der Waals surface area contributed by atoms with Gasteiger partial charge in [0.1, 0.15) is 0 Å². The van der Waals surface area contributed by atoms with E-state index in [4.69, 9.17) is 5.84 Å². The minimum atomic E-state index is 0.730. The minimum Gasteiger partial charge on any atom is -0.323 e. The van der Waals surface area contributed by atoms with Gasteiger partial charge in [0.25, 0.3) is 0 Å². The van der Waals surface area contributed by atoms with Crippen molar-refractivity contribution in [2.24, 2.45) is 15.9 Å². The normalized spacial score (nSPS) is 17.8. The highest BCUT2D eigenvalue weighted by Gasteiger charge is 2.10. The van der Waals surface area contributed by atoms with Crippen LogP contribution in [-0.4, -0.2) is 11.9 Å². The molecular formula is C9H9N3. The lowest BCUT2D eigenvalue weighted by Gasteiger charge is -2.09. The molecule has 0 aromatic heterocycles. The monoisotopic (exact) mass is 159 g/mol. The minimum absolute atomic E-state index is 0.730. The molecule has 0 fully saturated rings. The van der Waals surface area contributed by atoms with Crippen molar-refractivity contribution in [1.29, 1.82) is 0 Å². The second-order valence-corrected chi connectivity index (χ2v) is 2.61. The van der Waals surface area contributed by atoms with Crippen LogP contribution in [0, 0.1) is 0 Å². The van der Waals surface area contributed by atoms with Gasteiger partial charge < -0.3 is 5.84 Å². The summed E-state index contributed by atoms with van der Waals surface area (Å²) in [6.45, 7) is 0. The number of hydrogen-bond donors (Lipinski definition) is 1. The Labute approximate surface area is 70.6 Å². The topological polar surface area (TPSA) is 50.7 Å². The lowest BCUT2D eigenvalue weighted by atomic mass is 10.0. The van der Waals surface area contributed by atoms with Crippen molar-refractivity contribution in [1.82, 2.24) is 0 Å². The van der Waals surface area contributed by atoms with Crippen LogP contribution in [0.3, 0.4) is 0 Å². The average molecular weight is 159 g/mol. The molecule has 0 atom stereocenters. The van der Waals surface area contributed by atoms with E-state index >= 15 is 0 Å². The van der Waals surface area contributed by atoms with Crippen LogP contribution in [0.25, 0.3) is 0 Å². The standard InChI is InChI=1S/C9H9N3/c10-12-9-5-6-11-8-4-2-1-3-7(8)9/h1-4,6H,5,10H2. The number of benzene rings is 1. The van der Waals surface area contributed by atoms with Gasteiger partial charge in [-0.15, -0.1) is 0 Å². The van der Waals surface area contributed by atoms with Crippen molar-refractivity contribution in [3.8, 4) is 0 Å². The first-order chi connectivity index (χ1) is 5.92. The van der Waals surface area contributed by atoms with Crippen LogP contribution in [0.1, 0.15) is 12.0 Å². The van der Waals surface area contributed by atoms with E-state index in [0.717, 1.165) is 23.4 Å². The molecule has 0 amide bonds. The Morgan fingerprint density at radius 3 is 3.00 bits per heavy atom. The molecular weight excluding hydrogens is 150 g/mol. The second-order valence-electron chi connectivity index (χ2n) is 2.61. The number of para-hydroxylation sites is 1. The first-order valence-electron chi connectivity index (χ1n) is 3.80. The maximum Gasteiger partial charge on any atom is 0.0747 e. The predicted molar refractivity (Wildman–Crippen MR) is 49.9 cm³/mol. The lowest BCUT2D eigenvalue weighted by Crippen LogP contribution is -2.08. The van der Waals surface area contributed by atoms with E-state index in [0.29, 0.717) is 0 Å². The molecule has 1 heterocycles. The second kappa shape index (κ2) is 2.77. The van der Waals surface area contributed by atoms with E-state index in [-0.39, 0.29) is 0 Å². The van der Waals surface area contributed by atoms with Gasteiger partial charge in [-0.25, -0.2) is 0 Å². The molecule has 1 aliphatic rings. The van der Waals surface area contributed by atoms with Crippen molar-refractivity contribution in [2.45, 2.75) is 6.42 Å². The fourth-order valence-electron chi connectivity index (χ4n) is 1.29. The highest BCUT2D eigenvalue weighted by Crippen LogP contribution is 2.22. The summed E-state index contributed by atoms with van der Waals surface area (Å²) in [4.78, 5) is 4.23. The van der Waals surface area contributed by atoms with Gasteiger partial charge in [-0.2, -0.15) is 5.10 Å². The molecule has 0 bridgehead atoms. The van der Waals surface area contributed by atoms with Crippen LogP contribution < -0.4 is 5.84 Å². The van der Waals surface area contributed by atoms with Gasteiger partial charge in [-0.1, -0.05) is 18.2 Å². The van der Waals surface area contributed by atoms with E-state index in [2.05, 4.69) is 10.1 Å². The summed E-state index contributed by atoms with van der Waals surface area (Å²) >= 11 is 0. The highest BCUT2D eigenvalue weighted by atomic mass is 15.1. The molecule has 1 aromatic carbocycles. The van der Waals surface area contributed by atoms with Crippen molar-refractivity contribution in [3.05, 3.63) is 29.8 Å². The van der Waals surface area contributed by atoms with Crippen molar-refractivity contribution in [2.75, 3.05) is 0 Å². The van der Waals surface area contributed by atoms with Crippen LogP contribution >= 0.6 is 0 Å². The fraction of sp³-hybridized carbons (Fsp3) is 0.111. The zero-order chi connectivity index (χ0) is 8.39. The number of rotatable bonds is 0. The van der Waals surface area contributed by atoms with Crippen LogP contribution in [0.15, 0.2) is 34.4 Å². The van der Waals surface area contributed by atoms with E-state index < -0.39 is 0 Å². The molecule has 0 unspecified atom stereocenters. The van der Waals surface area contributed by atoms with Gasteiger partial charge in [-0.3, -0.25) is 4.99 Å². The summed E-state index contributed by atoms with van der Waals surface area (Å²) in [5.74, 6) is 5.24. The maximum atomic E-state index is 5.24. The Bertz CT molecular complexity index is 353.